The van der Waals surface area contributed by atoms with E-state index in [1.54, 1.807) is 24.3 Å². The van der Waals surface area contributed by atoms with E-state index >= 15 is 0 Å². The molecule has 2 rings (SSSR count). The van der Waals surface area contributed by atoms with E-state index in [9.17, 15) is 9.59 Å². The largest absolute Gasteiger partial charge is 0.483 e. The molecule has 0 aromatic heterocycles. The van der Waals surface area contributed by atoms with Crippen molar-refractivity contribution in [3.8, 4) is 5.75 Å². The lowest BCUT2D eigenvalue weighted by atomic mass is 9.76. The molecule has 1 amide bonds. The minimum atomic E-state index is -0.256. The lowest BCUT2D eigenvalue weighted by Crippen LogP contribution is -2.24. The van der Waals surface area contributed by atoms with Gasteiger partial charge in [-0.1, -0.05) is 65.8 Å². The number of benzene rings is 2. The van der Waals surface area contributed by atoms with Crippen LogP contribution in [0.2, 0.25) is 0 Å². The van der Waals surface area contributed by atoms with E-state index in [2.05, 4.69) is 59.0 Å². The summed E-state index contributed by atoms with van der Waals surface area (Å²) in [5.41, 5.74) is 3.56. The third-order valence-corrected chi connectivity index (χ3v) is 6.17. The number of carbonyl (C=O) groups is 2. The van der Waals surface area contributed by atoms with Crippen LogP contribution >= 0.6 is 0 Å². The Morgan fingerprint density at radius 2 is 1.60 bits per heavy atom. The molecule has 0 radical (unpaired) electrons. The van der Waals surface area contributed by atoms with E-state index < -0.39 is 0 Å². The second-order valence-corrected chi connectivity index (χ2v) is 9.16. The Morgan fingerprint density at radius 1 is 0.933 bits per heavy atom. The third kappa shape index (κ3) is 5.71. The summed E-state index contributed by atoms with van der Waals surface area (Å²) >= 11 is 0. The minimum absolute atomic E-state index is 0.0381. The van der Waals surface area contributed by atoms with E-state index in [0.29, 0.717) is 11.3 Å². The van der Waals surface area contributed by atoms with Gasteiger partial charge in [0.05, 0.1) is 0 Å². The molecule has 162 valence electrons. The zero-order valence-corrected chi connectivity index (χ0v) is 19.4. The molecule has 4 heteroatoms. The molecule has 0 spiro atoms. The fraction of sp³-hybridized carbons (Fsp3) is 0.462. The molecule has 2 aromatic carbocycles. The predicted octanol–water partition coefficient (Wildman–Crippen LogP) is 6.28. The van der Waals surface area contributed by atoms with Crippen LogP contribution in [-0.2, 0) is 15.6 Å². The highest BCUT2D eigenvalue weighted by Gasteiger charge is 2.26. The highest BCUT2D eigenvalue weighted by atomic mass is 16.5. The standard InChI is InChI=1S/C26H35NO3/c1-8-25(4,5)20-13-14-23(22(16-20)26(6,7)9-2)30-17-24(29)27-21-12-10-11-19(15-21)18(3)28/h10-16H,8-9,17H2,1-7H3,(H,27,29). The van der Waals surface area contributed by atoms with Crippen molar-refractivity contribution >= 4 is 17.4 Å². The molecule has 0 aliphatic rings. The Labute approximate surface area is 181 Å². The van der Waals surface area contributed by atoms with Gasteiger partial charge in [0.25, 0.3) is 5.91 Å². The number of carbonyl (C=O) groups excluding carboxylic acids is 2. The summed E-state index contributed by atoms with van der Waals surface area (Å²) in [4.78, 5) is 24.0. The van der Waals surface area contributed by atoms with Crippen molar-refractivity contribution in [1.29, 1.82) is 0 Å². The van der Waals surface area contributed by atoms with Gasteiger partial charge in [-0.15, -0.1) is 0 Å². The molecular formula is C26H35NO3. The Bertz CT molecular complexity index is 912. The van der Waals surface area contributed by atoms with Gasteiger partial charge in [0.2, 0.25) is 0 Å². The first-order valence-electron chi connectivity index (χ1n) is 10.7. The number of anilines is 1. The fourth-order valence-electron chi connectivity index (χ4n) is 3.16. The molecule has 0 fully saturated rings. The maximum Gasteiger partial charge on any atom is 0.262 e. The number of ketones is 1. The summed E-state index contributed by atoms with van der Waals surface area (Å²) in [6, 6.07) is 13.2. The second kappa shape index (κ2) is 9.46. The highest BCUT2D eigenvalue weighted by molar-refractivity contribution is 5.97. The molecule has 30 heavy (non-hydrogen) atoms. The van der Waals surface area contributed by atoms with Gasteiger partial charge >= 0.3 is 0 Å². The molecule has 0 bridgehead atoms. The number of nitrogens with one attached hydrogen (secondary N) is 1. The number of amides is 1. The summed E-state index contributed by atoms with van der Waals surface area (Å²) in [5, 5.41) is 2.81. The summed E-state index contributed by atoms with van der Waals surface area (Å²) in [5.74, 6) is 0.447. The minimum Gasteiger partial charge on any atom is -0.483 e. The van der Waals surface area contributed by atoms with Crippen LogP contribution in [0.1, 0.15) is 82.8 Å². The molecular weight excluding hydrogens is 374 g/mol. The van der Waals surface area contributed by atoms with Crippen molar-refractivity contribution in [3.05, 3.63) is 59.2 Å². The third-order valence-electron chi connectivity index (χ3n) is 6.17. The quantitative estimate of drug-likeness (QED) is 0.496. The fourth-order valence-corrected chi connectivity index (χ4v) is 3.16. The van der Waals surface area contributed by atoms with Gasteiger partial charge < -0.3 is 10.1 Å². The van der Waals surface area contributed by atoms with Gasteiger partial charge in [-0.2, -0.15) is 0 Å². The molecule has 0 unspecified atom stereocenters. The Balaban J connectivity index is 2.20. The monoisotopic (exact) mass is 409 g/mol. The van der Waals surface area contributed by atoms with Gasteiger partial charge in [-0.3, -0.25) is 9.59 Å². The van der Waals surface area contributed by atoms with Crippen LogP contribution in [0.4, 0.5) is 5.69 Å². The zero-order chi connectivity index (χ0) is 22.5. The first kappa shape index (κ1) is 23.7. The van der Waals surface area contributed by atoms with E-state index in [1.807, 2.05) is 6.07 Å². The molecule has 0 heterocycles. The Morgan fingerprint density at radius 3 is 2.20 bits per heavy atom. The SMILES string of the molecule is CCC(C)(C)c1ccc(OCC(=O)Nc2cccc(C(C)=O)c2)c(C(C)(C)CC)c1. The van der Waals surface area contributed by atoms with Gasteiger partial charge in [0.15, 0.2) is 12.4 Å². The Hall–Kier alpha value is -2.62. The van der Waals surface area contributed by atoms with Crippen molar-refractivity contribution in [1.82, 2.24) is 0 Å². The highest BCUT2D eigenvalue weighted by Crippen LogP contribution is 2.38. The van der Waals surface area contributed by atoms with E-state index in [1.165, 1.54) is 12.5 Å². The normalized spacial score (nSPS) is 11.8. The van der Waals surface area contributed by atoms with Crippen LogP contribution in [0.15, 0.2) is 42.5 Å². The molecule has 0 aliphatic heterocycles. The average Bonchev–Trinajstić information content (AvgIpc) is 2.72. The molecule has 4 nitrogen and oxygen atoms in total. The summed E-state index contributed by atoms with van der Waals surface area (Å²) in [6.45, 7) is 14.7. The van der Waals surface area contributed by atoms with Crippen molar-refractivity contribution in [2.75, 3.05) is 11.9 Å². The maximum atomic E-state index is 12.4. The van der Waals surface area contributed by atoms with Crippen LogP contribution in [0.5, 0.6) is 5.75 Å². The van der Waals surface area contributed by atoms with Crippen molar-refractivity contribution in [2.24, 2.45) is 0 Å². The van der Waals surface area contributed by atoms with Crippen LogP contribution < -0.4 is 10.1 Å². The van der Waals surface area contributed by atoms with E-state index in [-0.39, 0.29) is 29.1 Å². The van der Waals surface area contributed by atoms with Gasteiger partial charge in [0.1, 0.15) is 5.75 Å². The van der Waals surface area contributed by atoms with Gasteiger partial charge in [-0.25, -0.2) is 0 Å². The maximum absolute atomic E-state index is 12.4. The lowest BCUT2D eigenvalue weighted by molar-refractivity contribution is -0.118. The summed E-state index contributed by atoms with van der Waals surface area (Å²) in [7, 11) is 0. The predicted molar refractivity (Wildman–Crippen MR) is 124 cm³/mol. The molecule has 0 aliphatic carbocycles. The van der Waals surface area contributed by atoms with Gasteiger partial charge in [0, 0.05) is 16.8 Å². The first-order valence-corrected chi connectivity index (χ1v) is 10.7. The van der Waals surface area contributed by atoms with Gasteiger partial charge in [-0.05, 0) is 54.4 Å². The molecule has 0 saturated heterocycles. The van der Waals surface area contributed by atoms with E-state index in [4.69, 9.17) is 4.74 Å². The number of ether oxygens (including phenoxy) is 1. The lowest BCUT2D eigenvalue weighted by Gasteiger charge is -2.30. The number of rotatable bonds is 9. The number of hydrogen-bond acceptors (Lipinski definition) is 3. The Kier molecular flexibility index (Phi) is 7.46. The molecule has 1 N–H and O–H groups in total. The molecule has 0 saturated carbocycles. The zero-order valence-electron chi connectivity index (χ0n) is 19.4. The second-order valence-electron chi connectivity index (χ2n) is 9.16. The smallest absolute Gasteiger partial charge is 0.262 e. The van der Waals surface area contributed by atoms with Crippen molar-refractivity contribution in [2.45, 2.75) is 72.1 Å². The summed E-state index contributed by atoms with van der Waals surface area (Å²) in [6.07, 6.45) is 2.00. The van der Waals surface area contributed by atoms with Crippen molar-refractivity contribution < 1.29 is 14.3 Å². The first-order chi connectivity index (χ1) is 14.0. The number of Topliss-reactive ketones (excluding diaryl/α,β-unsaturated/α-hetero) is 1. The van der Waals surface area contributed by atoms with Crippen molar-refractivity contribution in [3.63, 3.8) is 0 Å². The topological polar surface area (TPSA) is 55.4 Å². The molecule has 2 aromatic rings. The van der Waals surface area contributed by atoms with Crippen LogP contribution in [0.3, 0.4) is 0 Å². The van der Waals surface area contributed by atoms with Crippen LogP contribution in [-0.4, -0.2) is 18.3 Å². The number of hydrogen-bond donors (Lipinski definition) is 1. The van der Waals surface area contributed by atoms with Crippen LogP contribution in [0, 0.1) is 0 Å². The van der Waals surface area contributed by atoms with Crippen LogP contribution in [0.25, 0.3) is 0 Å². The summed E-state index contributed by atoms with van der Waals surface area (Å²) < 4.78 is 5.96. The molecule has 0 atom stereocenters. The average molecular weight is 410 g/mol. The van der Waals surface area contributed by atoms with E-state index in [0.717, 1.165) is 24.2 Å².